The molecule has 1 aliphatic rings. The van der Waals surface area contributed by atoms with Crippen LogP contribution in [-0.4, -0.2) is 27.7 Å². The maximum Gasteiger partial charge on any atom is 0.327 e. The summed E-state index contributed by atoms with van der Waals surface area (Å²) in [5, 5.41) is 8.71. The van der Waals surface area contributed by atoms with Gasteiger partial charge < -0.3 is 9.84 Å². The lowest BCUT2D eigenvalue weighted by Crippen LogP contribution is -2.49. The molecule has 2 aromatic rings. The number of aryl methyl sites for hydroxylation is 2. The van der Waals surface area contributed by atoms with Gasteiger partial charge in [-0.25, -0.2) is 0 Å². The van der Waals surface area contributed by atoms with E-state index in [0.29, 0.717) is 19.3 Å². The molecule has 0 spiro atoms. The first-order chi connectivity index (χ1) is 15.5. The first-order valence-corrected chi connectivity index (χ1v) is 12.7. The zero-order valence-corrected chi connectivity index (χ0v) is 21.3. The van der Waals surface area contributed by atoms with Crippen molar-refractivity contribution >= 4 is 23.5 Å². The first kappa shape index (κ1) is 25.4. The Kier molecular flexibility index (Phi) is 7.94. The Morgan fingerprint density at radius 3 is 2.39 bits per heavy atom. The molecule has 2 aromatic carbocycles. The molecule has 178 valence electrons. The van der Waals surface area contributed by atoms with Crippen LogP contribution >= 0.6 is 11.8 Å². The van der Waals surface area contributed by atoms with Crippen LogP contribution < -0.4 is 0 Å². The van der Waals surface area contributed by atoms with Crippen molar-refractivity contribution in [2.24, 2.45) is 0 Å². The number of thioether (sulfide) groups is 1. The monoisotopic (exact) mass is 468 g/mol. The molecule has 1 fully saturated rings. The second-order valence-electron chi connectivity index (χ2n) is 10.3. The van der Waals surface area contributed by atoms with Crippen molar-refractivity contribution in [2.45, 2.75) is 94.3 Å². The van der Waals surface area contributed by atoms with Crippen LogP contribution in [0, 0.1) is 6.92 Å². The molecule has 5 heteroatoms. The van der Waals surface area contributed by atoms with E-state index < -0.39 is 16.8 Å². The van der Waals surface area contributed by atoms with E-state index in [0.717, 1.165) is 34.4 Å². The van der Waals surface area contributed by atoms with Gasteiger partial charge in [0.2, 0.25) is 0 Å². The van der Waals surface area contributed by atoms with Crippen molar-refractivity contribution in [1.29, 1.82) is 0 Å². The number of ketones is 1. The van der Waals surface area contributed by atoms with Crippen LogP contribution in [0.1, 0.15) is 76.5 Å². The highest BCUT2D eigenvalue weighted by atomic mass is 32.2. The fourth-order valence-electron chi connectivity index (χ4n) is 4.37. The Balaban J connectivity index is 1.80. The van der Waals surface area contributed by atoms with Crippen molar-refractivity contribution in [3.05, 3.63) is 59.2 Å². The Labute approximate surface area is 202 Å². The summed E-state index contributed by atoms with van der Waals surface area (Å²) in [4.78, 5) is 27.5. The van der Waals surface area contributed by atoms with Gasteiger partial charge in [-0.15, -0.1) is 11.8 Å². The lowest BCUT2D eigenvalue weighted by molar-refractivity contribution is -0.171. The van der Waals surface area contributed by atoms with Crippen LogP contribution in [0.15, 0.2) is 47.4 Å². The Morgan fingerprint density at radius 1 is 1.09 bits per heavy atom. The van der Waals surface area contributed by atoms with Crippen molar-refractivity contribution in [1.82, 2.24) is 0 Å². The molecule has 0 aliphatic carbocycles. The summed E-state index contributed by atoms with van der Waals surface area (Å²) in [7, 11) is 0. The first-order valence-electron chi connectivity index (χ1n) is 11.8. The van der Waals surface area contributed by atoms with Gasteiger partial charge >= 0.3 is 5.97 Å². The van der Waals surface area contributed by atoms with E-state index in [2.05, 4.69) is 45.9 Å². The maximum atomic E-state index is 13.3. The minimum Gasteiger partial charge on any atom is -0.508 e. The van der Waals surface area contributed by atoms with Crippen molar-refractivity contribution in [2.75, 3.05) is 0 Å². The zero-order valence-electron chi connectivity index (χ0n) is 20.4. The normalized spacial score (nSPS) is 21.2. The number of hydrogen-bond donors (Lipinski definition) is 1. The van der Waals surface area contributed by atoms with Gasteiger partial charge in [0.15, 0.2) is 11.0 Å². The van der Waals surface area contributed by atoms with Gasteiger partial charge in [0.05, 0.1) is 0 Å². The number of aromatic hydroxyl groups is 1. The molecule has 1 aliphatic heterocycles. The number of phenolic OH excluding ortho intramolecular Hbond substituents is 1. The summed E-state index contributed by atoms with van der Waals surface area (Å²) < 4.78 is 6.10. The van der Waals surface area contributed by atoms with Crippen LogP contribution in [0.3, 0.4) is 0 Å². The number of ether oxygens (including phenoxy) is 1. The molecule has 0 amide bonds. The van der Waals surface area contributed by atoms with Gasteiger partial charge in [-0.1, -0.05) is 58.4 Å². The molecule has 0 radical (unpaired) electrons. The molecule has 33 heavy (non-hydrogen) atoms. The molecule has 3 rings (SSSR count). The topological polar surface area (TPSA) is 63.6 Å². The van der Waals surface area contributed by atoms with Crippen molar-refractivity contribution < 1.29 is 19.4 Å². The third-order valence-corrected chi connectivity index (χ3v) is 7.58. The van der Waals surface area contributed by atoms with Gasteiger partial charge in [-0.3, -0.25) is 9.59 Å². The average Bonchev–Trinajstić information content (AvgIpc) is 2.74. The third kappa shape index (κ3) is 6.41. The van der Waals surface area contributed by atoms with E-state index >= 15 is 0 Å². The number of cyclic esters (lactones) is 1. The molecule has 1 saturated heterocycles. The molecule has 0 saturated carbocycles. The standard InChI is InChI=1S/C28H36O4S/c1-6-7-15-28(16-14-20-9-11-21(29)12-10-20)18-23(30)25(26(31)32-28)33-24-17-19(2)8-13-22(24)27(3,4)5/h8-13,17,25,29H,6-7,14-16,18H2,1-5H3. The number of Topliss-reactive ketones (excluding diaryl/α,β-unsaturated/α-hetero) is 1. The molecule has 0 bridgehead atoms. The molecule has 0 aromatic heterocycles. The predicted octanol–water partition coefficient (Wildman–Crippen LogP) is 6.54. The number of rotatable bonds is 8. The lowest BCUT2D eigenvalue weighted by Gasteiger charge is -2.39. The maximum absolute atomic E-state index is 13.3. The predicted molar refractivity (Wildman–Crippen MR) is 134 cm³/mol. The molecular formula is C28H36O4S. The molecule has 4 nitrogen and oxygen atoms in total. The highest BCUT2D eigenvalue weighted by Gasteiger charge is 2.47. The van der Waals surface area contributed by atoms with Crippen LogP contribution in [0.5, 0.6) is 5.75 Å². The van der Waals surface area contributed by atoms with Crippen LogP contribution in [0.2, 0.25) is 0 Å². The lowest BCUT2D eigenvalue weighted by atomic mass is 9.83. The van der Waals surface area contributed by atoms with E-state index in [9.17, 15) is 14.7 Å². The molecule has 2 unspecified atom stereocenters. The summed E-state index contributed by atoms with van der Waals surface area (Å²) in [6, 6.07) is 13.3. The van der Waals surface area contributed by atoms with Crippen molar-refractivity contribution in [3.8, 4) is 5.75 Å². The van der Waals surface area contributed by atoms with Gasteiger partial charge in [0, 0.05) is 11.3 Å². The van der Waals surface area contributed by atoms with E-state index in [1.807, 2.05) is 19.1 Å². The quantitative estimate of drug-likeness (QED) is 0.352. The summed E-state index contributed by atoms with van der Waals surface area (Å²) in [5.74, 6) is -0.233. The smallest absolute Gasteiger partial charge is 0.327 e. The van der Waals surface area contributed by atoms with Gasteiger partial charge in [-0.2, -0.15) is 0 Å². The van der Waals surface area contributed by atoms with E-state index in [1.54, 1.807) is 12.1 Å². The highest BCUT2D eigenvalue weighted by molar-refractivity contribution is 8.01. The van der Waals surface area contributed by atoms with Gasteiger partial charge in [-0.05, 0) is 72.9 Å². The minimum absolute atomic E-state index is 0.0422. The highest BCUT2D eigenvalue weighted by Crippen LogP contribution is 2.41. The van der Waals surface area contributed by atoms with Gasteiger partial charge in [0.1, 0.15) is 11.4 Å². The summed E-state index contributed by atoms with van der Waals surface area (Å²) >= 11 is 1.34. The largest absolute Gasteiger partial charge is 0.508 e. The SMILES string of the molecule is CCCCC1(CCc2ccc(O)cc2)CC(=O)C(Sc2cc(C)ccc2C(C)(C)C)C(=O)O1. The van der Waals surface area contributed by atoms with Crippen LogP contribution in [0.4, 0.5) is 0 Å². The molecule has 2 atom stereocenters. The van der Waals surface area contributed by atoms with Crippen LogP contribution in [0.25, 0.3) is 0 Å². The summed E-state index contributed by atoms with van der Waals surface area (Å²) in [6.07, 6.45) is 4.11. The molecule has 1 N–H and O–H groups in total. The second-order valence-corrected chi connectivity index (χ2v) is 11.4. The Morgan fingerprint density at radius 2 is 1.79 bits per heavy atom. The van der Waals surface area contributed by atoms with Crippen molar-refractivity contribution in [3.63, 3.8) is 0 Å². The van der Waals surface area contributed by atoms with E-state index in [1.165, 1.54) is 11.8 Å². The number of benzene rings is 2. The number of hydrogen-bond acceptors (Lipinski definition) is 5. The number of phenols is 1. The number of carbonyl (C=O) groups excluding carboxylic acids is 2. The Hall–Kier alpha value is -2.27. The molecular weight excluding hydrogens is 432 g/mol. The summed E-state index contributed by atoms with van der Waals surface area (Å²) in [5.41, 5.74) is 2.45. The average molecular weight is 469 g/mol. The van der Waals surface area contributed by atoms with E-state index in [-0.39, 0.29) is 23.4 Å². The zero-order chi connectivity index (χ0) is 24.2. The fraction of sp³-hybridized carbons (Fsp3) is 0.500. The number of unbranched alkanes of at least 4 members (excludes halogenated alkanes) is 1. The number of esters is 1. The Bertz CT molecular complexity index is 970. The second kappa shape index (κ2) is 10.3. The van der Waals surface area contributed by atoms with E-state index in [4.69, 9.17) is 4.74 Å². The molecule has 1 heterocycles. The fourth-order valence-corrected chi connectivity index (χ4v) is 5.74. The van der Waals surface area contributed by atoms with Gasteiger partial charge in [0.25, 0.3) is 0 Å². The third-order valence-electron chi connectivity index (χ3n) is 6.30. The minimum atomic E-state index is -0.823. The number of carbonyl (C=O) groups is 2. The summed E-state index contributed by atoms with van der Waals surface area (Å²) in [6.45, 7) is 10.5. The van der Waals surface area contributed by atoms with Crippen LogP contribution in [-0.2, 0) is 26.2 Å².